The predicted octanol–water partition coefficient (Wildman–Crippen LogP) is 5.06. The number of aryl methyl sites for hydroxylation is 2. The molecule has 0 aliphatic rings. The van der Waals surface area contributed by atoms with E-state index in [1.807, 2.05) is 62.4 Å². The monoisotopic (exact) mass is 412 g/mol. The van der Waals surface area contributed by atoms with Crippen molar-refractivity contribution in [2.45, 2.75) is 13.8 Å². The van der Waals surface area contributed by atoms with Gasteiger partial charge < -0.3 is 0 Å². The Hall–Kier alpha value is -4.06. The normalized spacial score (nSPS) is 11.1. The summed E-state index contributed by atoms with van der Waals surface area (Å²) in [7, 11) is 0. The van der Waals surface area contributed by atoms with E-state index in [0.717, 1.165) is 28.1 Å². The number of rotatable bonds is 5. The summed E-state index contributed by atoms with van der Waals surface area (Å²) in [5, 5.41) is 8.49. The number of amides is 1. The second-order valence-corrected chi connectivity index (χ2v) is 7.28. The van der Waals surface area contributed by atoms with Gasteiger partial charge in [0.1, 0.15) is 5.82 Å². The van der Waals surface area contributed by atoms with Gasteiger partial charge in [-0.1, -0.05) is 59.7 Å². The highest BCUT2D eigenvalue weighted by molar-refractivity contribution is 5.94. The van der Waals surface area contributed by atoms with Crippen molar-refractivity contribution >= 4 is 12.1 Å². The van der Waals surface area contributed by atoms with Gasteiger partial charge >= 0.3 is 0 Å². The Balaban J connectivity index is 1.63. The van der Waals surface area contributed by atoms with E-state index < -0.39 is 5.91 Å². The zero-order valence-corrected chi connectivity index (χ0v) is 17.2. The van der Waals surface area contributed by atoms with E-state index in [2.05, 4.69) is 15.6 Å². The van der Waals surface area contributed by atoms with Gasteiger partial charge in [0.25, 0.3) is 5.91 Å². The Kier molecular flexibility index (Phi) is 5.71. The molecule has 1 aromatic heterocycles. The van der Waals surface area contributed by atoms with E-state index in [9.17, 15) is 9.18 Å². The number of aromatic nitrogens is 2. The maximum atomic E-state index is 13.0. The number of benzene rings is 3. The molecule has 5 nitrogen and oxygen atoms in total. The smallest absolute Gasteiger partial charge is 0.265 e. The summed E-state index contributed by atoms with van der Waals surface area (Å²) in [5.74, 6) is -0.760. The van der Waals surface area contributed by atoms with Crippen LogP contribution in [-0.2, 0) is 0 Å². The minimum absolute atomic E-state index is 0.243. The maximum absolute atomic E-state index is 13.0. The maximum Gasteiger partial charge on any atom is 0.291 e. The molecular weight excluding hydrogens is 391 g/mol. The summed E-state index contributed by atoms with van der Waals surface area (Å²) >= 11 is 0. The minimum atomic E-state index is -0.433. The van der Waals surface area contributed by atoms with Crippen LogP contribution in [0.2, 0.25) is 0 Å². The van der Waals surface area contributed by atoms with E-state index in [1.54, 1.807) is 22.9 Å². The average Bonchev–Trinajstić information content (AvgIpc) is 3.22. The van der Waals surface area contributed by atoms with Crippen LogP contribution >= 0.6 is 0 Å². The topological polar surface area (TPSA) is 59.3 Å². The first kappa shape index (κ1) is 20.2. The van der Waals surface area contributed by atoms with E-state index in [-0.39, 0.29) is 11.5 Å². The summed E-state index contributed by atoms with van der Waals surface area (Å²) in [6.07, 6.45) is 1.45. The Morgan fingerprint density at radius 2 is 1.55 bits per heavy atom. The Morgan fingerprint density at radius 3 is 2.19 bits per heavy atom. The van der Waals surface area contributed by atoms with Gasteiger partial charge in [-0.2, -0.15) is 10.2 Å². The van der Waals surface area contributed by atoms with Crippen LogP contribution in [0.3, 0.4) is 0 Å². The zero-order chi connectivity index (χ0) is 21.8. The van der Waals surface area contributed by atoms with Crippen LogP contribution < -0.4 is 5.43 Å². The Bertz CT molecular complexity index is 1160. The number of hydrazone groups is 1. The molecule has 31 heavy (non-hydrogen) atoms. The van der Waals surface area contributed by atoms with E-state index in [1.165, 1.54) is 18.3 Å². The Labute approximate surface area is 179 Å². The number of halogens is 1. The van der Waals surface area contributed by atoms with E-state index in [4.69, 9.17) is 0 Å². The number of carbonyl (C=O) groups excluding carboxylic acids is 1. The van der Waals surface area contributed by atoms with Crippen LogP contribution in [0.1, 0.15) is 27.2 Å². The van der Waals surface area contributed by atoms with Gasteiger partial charge in [0.15, 0.2) is 5.69 Å². The van der Waals surface area contributed by atoms with E-state index in [0.29, 0.717) is 5.56 Å². The number of hydrogen-bond acceptors (Lipinski definition) is 3. The van der Waals surface area contributed by atoms with Crippen molar-refractivity contribution in [3.05, 3.63) is 107 Å². The fourth-order valence-corrected chi connectivity index (χ4v) is 3.08. The molecule has 0 atom stereocenters. The fraction of sp³-hybridized carbons (Fsp3) is 0.0800. The third-order valence-corrected chi connectivity index (χ3v) is 4.82. The molecule has 3 aromatic carbocycles. The van der Waals surface area contributed by atoms with Gasteiger partial charge in [-0.3, -0.25) is 4.79 Å². The largest absolute Gasteiger partial charge is 0.291 e. The SMILES string of the molecule is Cc1ccc(-c2cc(C(=O)N/N=C\c3ccc(F)cc3)nn2-c2ccc(C)cc2)cc1. The summed E-state index contributed by atoms with van der Waals surface area (Å²) in [6, 6.07) is 23.6. The molecule has 0 aliphatic heterocycles. The molecule has 6 heteroatoms. The van der Waals surface area contributed by atoms with Crippen molar-refractivity contribution < 1.29 is 9.18 Å². The highest BCUT2D eigenvalue weighted by Gasteiger charge is 2.16. The minimum Gasteiger partial charge on any atom is -0.265 e. The molecule has 0 saturated carbocycles. The molecular formula is C25H21FN4O. The third-order valence-electron chi connectivity index (χ3n) is 4.82. The van der Waals surface area contributed by atoms with Crippen molar-refractivity contribution in [1.29, 1.82) is 0 Å². The van der Waals surface area contributed by atoms with Crippen LogP contribution in [0.25, 0.3) is 16.9 Å². The second-order valence-electron chi connectivity index (χ2n) is 7.28. The van der Waals surface area contributed by atoms with Crippen molar-refractivity contribution in [2.24, 2.45) is 5.10 Å². The number of nitrogens with one attached hydrogen (secondary N) is 1. The molecule has 1 amide bonds. The van der Waals surface area contributed by atoms with Gasteiger partial charge in [0.05, 0.1) is 17.6 Å². The van der Waals surface area contributed by atoms with Gasteiger partial charge in [0.2, 0.25) is 0 Å². The summed E-state index contributed by atoms with van der Waals surface area (Å²) in [4.78, 5) is 12.7. The molecule has 0 saturated heterocycles. The molecule has 154 valence electrons. The molecule has 0 aliphatic carbocycles. The molecule has 4 aromatic rings. The van der Waals surface area contributed by atoms with Gasteiger partial charge in [-0.05, 0) is 49.7 Å². The molecule has 0 bridgehead atoms. The number of nitrogens with zero attached hydrogens (tertiary/aromatic N) is 3. The van der Waals surface area contributed by atoms with E-state index >= 15 is 0 Å². The quantitative estimate of drug-likeness (QED) is 0.368. The molecule has 4 rings (SSSR count). The van der Waals surface area contributed by atoms with Crippen molar-refractivity contribution in [3.63, 3.8) is 0 Å². The van der Waals surface area contributed by atoms with Crippen LogP contribution in [0.15, 0.2) is 84.0 Å². The fourth-order valence-electron chi connectivity index (χ4n) is 3.08. The zero-order valence-electron chi connectivity index (χ0n) is 17.2. The molecule has 1 N–H and O–H groups in total. The first-order valence-electron chi connectivity index (χ1n) is 9.83. The standard InChI is InChI=1S/C25H21FN4O/c1-17-3-9-20(10-4-17)24-15-23(29-30(24)22-13-5-18(2)6-14-22)25(31)28-27-16-19-7-11-21(26)12-8-19/h3-16H,1-2H3,(H,28,31)/b27-16-. The predicted molar refractivity (Wildman–Crippen MR) is 120 cm³/mol. The van der Waals surface area contributed by atoms with Crippen LogP contribution in [0, 0.1) is 19.7 Å². The molecule has 1 heterocycles. The van der Waals surface area contributed by atoms with Crippen molar-refractivity contribution in [2.75, 3.05) is 0 Å². The lowest BCUT2D eigenvalue weighted by molar-refractivity contribution is 0.0949. The third kappa shape index (κ3) is 4.75. The van der Waals surface area contributed by atoms with Crippen LogP contribution in [0.5, 0.6) is 0 Å². The van der Waals surface area contributed by atoms with Crippen molar-refractivity contribution in [3.8, 4) is 16.9 Å². The lowest BCUT2D eigenvalue weighted by atomic mass is 10.1. The number of carbonyl (C=O) groups is 1. The average molecular weight is 412 g/mol. The summed E-state index contributed by atoms with van der Waals surface area (Å²) < 4.78 is 14.8. The molecule has 0 fully saturated rings. The first-order valence-corrected chi connectivity index (χ1v) is 9.83. The van der Waals surface area contributed by atoms with Crippen LogP contribution in [0.4, 0.5) is 4.39 Å². The first-order chi connectivity index (χ1) is 15.0. The highest BCUT2D eigenvalue weighted by Crippen LogP contribution is 2.25. The molecule has 0 unspecified atom stereocenters. The summed E-state index contributed by atoms with van der Waals surface area (Å²) in [6.45, 7) is 4.05. The number of hydrogen-bond donors (Lipinski definition) is 1. The van der Waals surface area contributed by atoms with Crippen LogP contribution in [-0.4, -0.2) is 21.9 Å². The molecule has 0 radical (unpaired) electrons. The lowest BCUT2D eigenvalue weighted by Gasteiger charge is -2.08. The second kappa shape index (κ2) is 8.75. The summed E-state index contributed by atoms with van der Waals surface area (Å²) in [5.41, 5.74) is 8.30. The van der Waals surface area contributed by atoms with Crippen molar-refractivity contribution in [1.82, 2.24) is 15.2 Å². The van der Waals surface area contributed by atoms with Gasteiger partial charge in [-0.15, -0.1) is 0 Å². The lowest BCUT2D eigenvalue weighted by Crippen LogP contribution is -2.18. The van der Waals surface area contributed by atoms with Gasteiger partial charge in [-0.25, -0.2) is 14.5 Å². The molecule has 0 spiro atoms. The Morgan fingerprint density at radius 1 is 0.935 bits per heavy atom. The van der Waals surface area contributed by atoms with Gasteiger partial charge in [0, 0.05) is 5.56 Å². The highest BCUT2D eigenvalue weighted by atomic mass is 19.1.